The van der Waals surface area contributed by atoms with E-state index in [9.17, 15) is 0 Å². The van der Waals surface area contributed by atoms with Gasteiger partial charge in [-0.2, -0.15) is 0 Å². The van der Waals surface area contributed by atoms with E-state index in [2.05, 4.69) is 19.9 Å². The minimum atomic E-state index is 0.740. The molecule has 0 bridgehead atoms. The van der Waals surface area contributed by atoms with Crippen LogP contribution in [-0.2, 0) is 9.47 Å². The smallest absolute Gasteiger partial charge is 0.0650 e. The molecule has 0 aromatic carbocycles. The molecule has 1 fully saturated rings. The molecule has 0 spiro atoms. The lowest BCUT2D eigenvalue weighted by Crippen LogP contribution is -2.15. The molecule has 0 amide bonds. The first-order valence-corrected chi connectivity index (χ1v) is 7.11. The zero-order valence-corrected chi connectivity index (χ0v) is 11.3. The lowest BCUT2D eigenvalue weighted by atomic mass is 9.84. The lowest BCUT2D eigenvalue weighted by molar-refractivity contribution is 0.149. The summed E-state index contributed by atoms with van der Waals surface area (Å²) in [6.07, 6.45) is 7.36. The second kappa shape index (κ2) is 6.55. The van der Waals surface area contributed by atoms with E-state index in [-0.39, 0.29) is 0 Å². The van der Waals surface area contributed by atoms with E-state index in [1.54, 1.807) is 5.57 Å². The summed E-state index contributed by atoms with van der Waals surface area (Å²) < 4.78 is 10.8. The van der Waals surface area contributed by atoms with Crippen LogP contribution in [-0.4, -0.2) is 26.4 Å². The molecule has 0 saturated carbocycles. The number of hydrogen-bond acceptors (Lipinski definition) is 2. The zero-order chi connectivity index (χ0) is 12.1. The lowest BCUT2D eigenvalue weighted by Gasteiger charge is -2.23. The van der Waals surface area contributed by atoms with Gasteiger partial charge in [0.25, 0.3) is 0 Å². The highest BCUT2D eigenvalue weighted by Gasteiger charge is 2.23. The minimum absolute atomic E-state index is 0.740. The van der Waals surface area contributed by atoms with Crippen molar-refractivity contribution in [2.24, 2.45) is 17.8 Å². The number of rotatable bonds is 5. The van der Waals surface area contributed by atoms with Gasteiger partial charge in [0.05, 0.1) is 13.2 Å². The van der Waals surface area contributed by atoms with Gasteiger partial charge in [-0.05, 0) is 43.4 Å². The van der Waals surface area contributed by atoms with Crippen LogP contribution in [0.4, 0.5) is 0 Å². The molecule has 17 heavy (non-hydrogen) atoms. The Bertz CT molecular complexity index is 254. The summed E-state index contributed by atoms with van der Waals surface area (Å²) >= 11 is 0. The van der Waals surface area contributed by atoms with E-state index in [1.807, 2.05) is 0 Å². The van der Waals surface area contributed by atoms with E-state index in [4.69, 9.17) is 9.47 Å². The van der Waals surface area contributed by atoms with Crippen molar-refractivity contribution in [3.63, 3.8) is 0 Å². The highest BCUT2D eigenvalue weighted by molar-refractivity contribution is 5.08. The van der Waals surface area contributed by atoms with Gasteiger partial charge in [0.1, 0.15) is 0 Å². The van der Waals surface area contributed by atoms with Crippen molar-refractivity contribution in [1.82, 2.24) is 0 Å². The van der Waals surface area contributed by atoms with Gasteiger partial charge in [-0.3, -0.25) is 0 Å². The van der Waals surface area contributed by atoms with E-state index in [0.29, 0.717) is 0 Å². The summed E-state index contributed by atoms with van der Waals surface area (Å²) in [5.41, 5.74) is 1.62. The Kier molecular flexibility index (Phi) is 5.05. The maximum Gasteiger partial charge on any atom is 0.0650 e. The summed E-state index contributed by atoms with van der Waals surface area (Å²) in [6.45, 7) is 8.48. The van der Waals surface area contributed by atoms with Crippen LogP contribution in [0.3, 0.4) is 0 Å². The molecule has 0 aromatic rings. The fraction of sp³-hybridized carbons (Fsp3) is 0.867. The average Bonchev–Trinajstić information content (AvgIpc) is 2.90. The van der Waals surface area contributed by atoms with Crippen LogP contribution in [0, 0.1) is 17.8 Å². The van der Waals surface area contributed by atoms with E-state index in [1.165, 1.54) is 19.3 Å². The van der Waals surface area contributed by atoms with Crippen molar-refractivity contribution in [3.05, 3.63) is 11.6 Å². The minimum Gasteiger partial charge on any atom is -0.381 e. The van der Waals surface area contributed by atoms with Gasteiger partial charge < -0.3 is 9.47 Å². The van der Waals surface area contributed by atoms with Crippen LogP contribution in [0.15, 0.2) is 11.6 Å². The van der Waals surface area contributed by atoms with E-state index < -0.39 is 0 Å². The Hall–Kier alpha value is -0.340. The quantitative estimate of drug-likeness (QED) is 0.683. The fourth-order valence-electron chi connectivity index (χ4n) is 2.92. The third kappa shape index (κ3) is 3.82. The molecular weight excluding hydrogens is 212 g/mol. The van der Waals surface area contributed by atoms with E-state index >= 15 is 0 Å². The molecule has 2 aliphatic rings. The van der Waals surface area contributed by atoms with Gasteiger partial charge in [-0.1, -0.05) is 25.5 Å². The van der Waals surface area contributed by atoms with Crippen LogP contribution in [0.5, 0.6) is 0 Å². The molecule has 98 valence electrons. The molecule has 1 saturated heterocycles. The van der Waals surface area contributed by atoms with Gasteiger partial charge in [0.15, 0.2) is 0 Å². The molecule has 2 rings (SSSR count). The molecular formula is C15H26O2. The topological polar surface area (TPSA) is 18.5 Å². The number of ether oxygens (including phenoxy) is 2. The molecule has 0 aliphatic carbocycles. The molecule has 2 nitrogen and oxygen atoms in total. The van der Waals surface area contributed by atoms with E-state index in [0.717, 1.165) is 50.6 Å². The molecule has 0 radical (unpaired) electrons. The second-order valence-electron chi connectivity index (χ2n) is 5.68. The van der Waals surface area contributed by atoms with Gasteiger partial charge >= 0.3 is 0 Å². The molecule has 0 N–H and O–H groups in total. The highest BCUT2D eigenvalue weighted by Crippen LogP contribution is 2.29. The molecule has 3 unspecified atom stereocenters. The van der Waals surface area contributed by atoms with Crippen molar-refractivity contribution >= 4 is 0 Å². The molecule has 3 atom stereocenters. The SMILES string of the molecule is CC(CCC(C)C1CCOC1)C1=CCOCC1. The first-order valence-electron chi connectivity index (χ1n) is 7.11. The van der Waals surface area contributed by atoms with Crippen LogP contribution >= 0.6 is 0 Å². The fourth-order valence-corrected chi connectivity index (χ4v) is 2.92. The number of hydrogen-bond donors (Lipinski definition) is 0. The summed E-state index contributed by atoms with van der Waals surface area (Å²) in [4.78, 5) is 0. The largest absolute Gasteiger partial charge is 0.381 e. The summed E-state index contributed by atoms with van der Waals surface area (Å²) in [7, 11) is 0. The van der Waals surface area contributed by atoms with Crippen LogP contribution in [0.25, 0.3) is 0 Å². The Balaban J connectivity index is 1.71. The van der Waals surface area contributed by atoms with Crippen LogP contribution < -0.4 is 0 Å². The Morgan fingerprint density at radius 2 is 2.12 bits per heavy atom. The van der Waals surface area contributed by atoms with Crippen molar-refractivity contribution in [2.45, 2.75) is 39.5 Å². The average molecular weight is 238 g/mol. The first-order chi connectivity index (χ1) is 8.27. The Morgan fingerprint density at radius 3 is 2.76 bits per heavy atom. The summed E-state index contributed by atoms with van der Waals surface area (Å²) in [5.74, 6) is 2.37. The molecule has 0 aromatic heterocycles. The van der Waals surface area contributed by atoms with Gasteiger partial charge in [-0.15, -0.1) is 0 Å². The summed E-state index contributed by atoms with van der Waals surface area (Å²) in [6, 6.07) is 0. The van der Waals surface area contributed by atoms with Crippen molar-refractivity contribution in [1.29, 1.82) is 0 Å². The predicted octanol–water partition coefficient (Wildman–Crippen LogP) is 3.42. The van der Waals surface area contributed by atoms with Gasteiger partial charge in [0, 0.05) is 13.2 Å². The monoisotopic (exact) mass is 238 g/mol. The Morgan fingerprint density at radius 1 is 1.24 bits per heavy atom. The van der Waals surface area contributed by atoms with Crippen molar-refractivity contribution in [3.8, 4) is 0 Å². The third-order valence-corrected chi connectivity index (χ3v) is 4.46. The predicted molar refractivity (Wildman–Crippen MR) is 70.0 cm³/mol. The van der Waals surface area contributed by atoms with Gasteiger partial charge in [-0.25, -0.2) is 0 Å². The normalized spacial score (nSPS) is 28.8. The maximum atomic E-state index is 5.47. The van der Waals surface area contributed by atoms with Crippen molar-refractivity contribution in [2.75, 3.05) is 26.4 Å². The van der Waals surface area contributed by atoms with Crippen LogP contribution in [0.1, 0.15) is 39.5 Å². The zero-order valence-electron chi connectivity index (χ0n) is 11.3. The summed E-state index contributed by atoms with van der Waals surface area (Å²) in [5, 5.41) is 0. The maximum absolute atomic E-state index is 5.47. The molecule has 2 aliphatic heterocycles. The van der Waals surface area contributed by atoms with Crippen LogP contribution in [0.2, 0.25) is 0 Å². The second-order valence-corrected chi connectivity index (χ2v) is 5.68. The van der Waals surface area contributed by atoms with Crippen molar-refractivity contribution < 1.29 is 9.47 Å². The molecule has 2 heterocycles. The highest BCUT2D eigenvalue weighted by atomic mass is 16.5. The standard InChI is InChI=1S/C15H26O2/c1-12(14-5-8-16-9-6-14)3-4-13(2)15-7-10-17-11-15/h5,12-13,15H,3-4,6-11H2,1-2H3. The third-order valence-electron chi connectivity index (χ3n) is 4.46. The van der Waals surface area contributed by atoms with Gasteiger partial charge in [0.2, 0.25) is 0 Å². The Labute approximate surface area is 105 Å². The molecule has 2 heteroatoms. The first kappa shape index (κ1) is 13.1.